The van der Waals surface area contributed by atoms with Crippen LogP contribution >= 0.6 is 0 Å². The van der Waals surface area contributed by atoms with Crippen molar-refractivity contribution >= 4 is 0 Å². The van der Waals surface area contributed by atoms with Crippen molar-refractivity contribution in [1.29, 1.82) is 0 Å². The van der Waals surface area contributed by atoms with E-state index < -0.39 is 17.8 Å². The lowest BCUT2D eigenvalue weighted by atomic mass is 10.3. The van der Waals surface area contributed by atoms with Crippen LogP contribution in [0.25, 0.3) is 0 Å². The summed E-state index contributed by atoms with van der Waals surface area (Å²) in [5.41, 5.74) is -1.83. The number of alkyl halides is 3. The maximum Gasteiger partial charge on any atom is 0.417 e. The minimum absolute atomic E-state index is 0.329. The van der Waals surface area contributed by atoms with E-state index in [4.69, 9.17) is 0 Å². The molecule has 0 atom stereocenters. The molecular formula is C4H3F5. The SMILES string of the molecule is CC(=C(F)F)C(F)(F)F. The Morgan fingerprint density at radius 2 is 1.44 bits per heavy atom. The monoisotopic (exact) mass is 146 g/mol. The van der Waals surface area contributed by atoms with Gasteiger partial charge in [0, 0.05) is 0 Å². The van der Waals surface area contributed by atoms with Crippen molar-refractivity contribution in [3.63, 3.8) is 0 Å². The summed E-state index contributed by atoms with van der Waals surface area (Å²) in [7, 11) is 0. The van der Waals surface area contributed by atoms with Crippen LogP contribution in [0.4, 0.5) is 22.0 Å². The quantitative estimate of drug-likeness (QED) is 0.461. The third-order valence-corrected chi connectivity index (χ3v) is 0.709. The smallest absolute Gasteiger partial charge is 0.173 e. The second-order valence-electron chi connectivity index (χ2n) is 1.38. The van der Waals surface area contributed by atoms with E-state index in [1.54, 1.807) is 0 Å². The third-order valence-electron chi connectivity index (χ3n) is 0.709. The van der Waals surface area contributed by atoms with E-state index in [9.17, 15) is 22.0 Å². The highest BCUT2D eigenvalue weighted by atomic mass is 19.4. The summed E-state index contributed by atoms with van der Waals surface area (Å²) in [4.78, 5) is 0. The molecule has 5 heteroatoms. The molecule has 0 radical (unpaired) electrons. The fraction of sp³-hybridized carbons (Fsp3) is 0.500. The summed E-state index contributed by atoms with van der Waals surface area (Å²) in [6, 6.07) is 0. The number of rotatable bonds is 0. The molecule has 0 amide bonds. The number of hydrogen-bond donors (Lipinski definition) is 0. The number of allylic oxidation sites excluding steroid dienone is 1. The van der Waals surface area contributed by atoms with Crippen molar-refractivity contribution in [1.82, 2.24) is 0 Å². The molecule has 0 fully saturated rings. The molecule has 0 aromatic heterocycles. The van der Waals surface area contributed by atoms with Crippen LogP contribution in [0.1, 0.15) is 6.92 Å². The highest BCUT2D eigenvalue weighted by Gasteiger charge is 2.33. The predicted molar refractivity (Wildman–Crippen MR) is 21.0 cm³/mol. The van der Waals surface area contributed by atoms with Gasteiger partial charge in [0.05, 0.1) is 5.57 Å². The lowest BCUT2D eigenvalue weighted by Crippen LogP contribution is -2.09. The van der Waals surface area contributed by atoms with Crippen LogP contribution in [-0.4, -0.2) is 6.18 Å². The number of halogens is 5. The Kier molecular flexibility index (Phi) is 2.17. The fourth-order valence-electron chi connectivity index (χ4n) is 0.107. The Morgan fingerprint density at radius 1 is 1.11 bits per heavy atom. The van der Waals surface area contributed by atoms with E-state index in [2.05, 4.69) is 0 Å². The minimum Gasteiger partial charge on any atom is -0.173 e. The molecule has 0 rings (SSSR count). The van der Waals surface area contributed by atoms with Crippen LogP contribution < -0.4 is 0 Å². The summed E-state index contributed by atoms with van der Waals surface area (Å²) < 4.78 is 55.7. The van der Waals surface area contributed by atoms with Gasteiger partial charge in [-0.1, -0.05) is 0 Å². The predicted octanol–water partition coefficient (Wildman–Crippen LogP) is 2.72. The molecule has 0 aromatic rings. The van der Waals surface area contributed by atoms with Crippen LogP contribution in [0.15, 0.2) is 11.7 Å². The third kappa shape index (κ3) is 2.43. The van der Waals surface area contributed by atoms with E-state index >= 15 is 0 Å². The molecule has 9 heavy (non-hydrogen) atoms. The van der Waals surface area contributed by atoms with Gasteiger partial charge in [0.1, 0.15) is 0 Å². The zero-order valence-electron chi connectivity index (χ0n) is 4.39. The second kappa shape index (κ2) is 2.33. The topological polar surface area (TPSA) is 0 Å². The van der Waals surface area contributed by atoms with Gasteiger partial charge in [-0.05, 0) is 6.92 Å². The Bertz CT molecular complexity index is 126. The number of hydrogen-bond acceptors (Lipinski definition) is 0. The summed E-state index contributed by atoms with van der Waals surface area (Å²) in [5.74, 6) is 0. The molecule has 0 saturated carbocycles. The molecule has 0 aromatic carbocycles. The molecule has 0 saturated heterocycles. The van der Waals surface area contributed by atoms with Crippen molar-refractivity contribution in [3.8, 4) is 0 Å². The Hall–Kier alpha value is -0.610. The molecule has 0 aliphatic heterocycles. The van der Waals surface area contributed by atoms with E-state index in [-0.39, 0.29) is 0 Å². The van der Waals surface area contributed by atoms with E-state index in [0.717, 1.165) is 0 Å². The molecule has 0 heterocycles. The maximum absolute atomic E-state index is 11.2. The Balaban J connectivity index is 4.40. The average molecular weight is 146 g/mol. The van der Waals surface area contributed by atoms with Gasteiger partial charge in [0.15, 0.2) is 0 Å². The van der Waals surface area contributed by atoms with Crippen molar-refractivity contribution < 1.29 is 22.0 Å². The fourth-order valence-corrected chi connectivity index (χ4v) is 0.107. The molecule has 0 aliphatic carbocycles. The Labute approximate surface area is 48.0 Å². The molecule has 0 nitrogen and oxygen atoms in total. The van der Waals surface area contributed by atoms with E-state index in [1.807, 2.05) is 0 Å². The minimum atomic E-state index is -4.89. The van der Waals surface area contributed by atoms with E-state index in [0.29, 0.717) is 6.92 Å². The molecule has 0 aliphatic rings. The zero-order chi connectivity index (χ0) is 7.65. The standard InChI is InChI=1S/C4H3F5/c1-2(3(5)6)4(7,8)9/h1H3. The van der Waals surface area contributed by atoms with Crippen molar-refractivity contribution in [2.24, 2.45) is 0 Å². The first-order valence-corrected chi connectivity index (χ1v) is 1.94. The first-order valence-electron chi connectivity index (χ1n) is 1.94. The molecule has 0 unspecified atom stereocenters. The average Bonchev–Trinajstić information content (AvgIpc) is 1.62. The van der Waals surface area contributed by atoms with Crippen LogP contribution in [0.2, 0.25) is 0 Å². The van der Waals surface area contributed by atoms with Crippen molar-refractivity contribution in [2.75, 3.05) is 0 Å². The van der Waals surface area contributed by atoms with Crippen LogP contribution in [0, 0.1) is 0 Å². The largest absolute Gasteiger partial charge is 0.417 e. The van der Waals surface area contributed by atoms with E-state index in [1.165, 1.54) is 0 Å². The molecular weight excluding hydrogens is 143 g/mol. The van der Waals surface area contributed by atoms with Crippen LogP contribution in [0.3, 0.4) is 0 Å². The summed E-state index contributed by atoms with van der Waals surface area (Å²) in [6.07, 6.45) is -7.57. The highest BCUT2D eigenvalue weighted by Crippen LogP contribution is 2.28. The molecule has 0 bridgehead atoms. The molecule has 0 N–H and O–H groups in total. The lowest BCUT2D eigenvalue weighted by Gasteiger charge is -2.02. The zero-order valence-corrected chi connectivity index (χ0v) is 4.39. The van der Waals surface area contributed by atoms with Gasteiger partial charge in [-0.3, -0.25) is 0 Å². The van der Waals surface area contributed by atoms with Gasteiger partial charge >= 0.3 is 6.18 Å². The van der Waals surface area contributed by atoms with Crippen molar-refractivity contribution in [3.05, 3.63) is 11.7 Å². The van der Waals surface area contributed by atoms with Gasteiger partial charge in [0.25, 0.3) is 6.08 Å². The van der Waals surface area contributed by atoms with Crippen LogP contribution in [0.5, 0.6) is 0 Å². The van der Waals surface area contributed by atoms with Gasteiger partial charge in [-0.25, -0.2) is 0 Å². The normalized spacial score (nSPS) is 11.3. The summed E-state index contributed by atoms with van der Waals surface area (Å²) >= 11 is 0. The van der Waals surface area contributed by atoms with Crippen LogP contribution in [-0.2, 0) is 0 Å². The maximum atomic E-state index is 11.2. The Morgan fingerprint density at radius 3 is 1.44 bits per heavy atom. The van der Waals surface area contributed by atoms with Gasteiger partial charge < -0.3 is 0 Å². The highest BCUT2D eigenvalue weighted by molar-refractivity contribution is 5.05. The molecule has 0 spiro atoms. The van der Waals surface area contributed by atoms with Crippen molar-refractivity contribution in [2.45, 2.75) is 13.1 Å². The lowest BCUT2D eigenvalue weighted by molar-refractivity contribution is -0.0947. The first kappa shape index (κ1) is 8.39. The summed E-state index contributed by atoms with van der Waals surface area (Å²) in [5, 5.41) is 0. The second-order valence-corrected chi connectivity index (χ2v) is 1.38. The van der Waals surface area contributed by atoms with Gasteiger partial charge in [-0.15, -0.1) is 0 Å². The first-order chi connectivity index (χ1) is 3.85. The summed E-state index contributed by atoms with van der Waals surface area (Å²) in [6.45, 7) is 0.329. The molecule has 54 valence electrons. The van der Waals surface area contributed by atoms with Gasteiger partial charge in [-0.2, -0.15) is 22.0 Å². The van der Waals surface area contributed by atoms with Gasteiger partial charge in [0.2, 0.25) is 0 Å².